The summed E-state index contributed by atoms with van der Waals surface area (Å²) in [7, 11) is 3.06. The molecule has 150 valence electrons. The summed E-state index contributed by atoms with van der Waals surface area (Å²) in [5.74, 6) is 0.579. The van der Waals surface area contributed by atoms with Crippen molar-refractivity contribution >= 4 is 22.9 Å². The zero-order valence-corrected chi connectivity index (χ0v) is 16.7. The predicted molar refractivity (Wildman–Crippen MR) is 111 cm³/mol. The van der Waals surface area contributed by atoms with Gasteiger partial charge in [-0.1, -0.05) is 24.3 Å². The number of hydrogen-bond donors (Lipinski definition) is 1. The van der Waals surface area contributed by atoms with Gasteiger partial charge in [-0.15, -0.1) is 0 Å². The molecular formula is C21H22N4O4. The smallest absolute Gasteiger partial charge is 0.292 e. The zero-order valence-electron chi connectivity index (χ0n) is 16.7. The number of nitrogens with zero attached hydrogens (tertiary/aromatic N) is 3. The number of rotatable bonds is 6. The Hall–Kier alpha value is -3.68. The molecular weight excluding hydrogens is 372 g/mol. The molecule has 3 rings (SSSR count). The second kappa shape index (κ2) is 8.55. The van der Waals surface area contributed by atoms with E-state index in [1.54, 1.807) is 49.6 Å². The fraction of sp³-hybridized carbons (Fsp3) is 0.238. The molecule has 8 heteroatoms. The minimum atomic E-state index is -0.526. The quantitative estimate of drug-likeness (QED) is 0.512. The van der Waals surface area contributed by atoms with Gasteiger partial charge in [0.25, 0.3) is 11.5 Å². The largest absolute Gasteiger partial charge is 0.493 e. The van der Waals surface area contributed by atoms with Crippen LogP contribution in [0.2, 0.25) is 0 Å². The fourth-order valence-electron chi connectivity index (χ4n) is 2.84. The van der Waals surface area contributed by atoms with Gasteiger partial charge in [0.2, 0.25) is 0 Å². The van der Waals surface area contributed by atoms with E-state index in [0.717, 1.165) is 4.68 Å². The lowest BCUT2D eigenvalue weighted by Gasteiger charge is -2.15. The summed E-state index contributed by atoms with van der Waals surface area (Å²) in [4.78, 5) is 24.8. The molecule has 0 fully saturated rings. The van der Waals surface area contributed by atoms with E-state index in [1.807, 2.05) is 13.8 Å². The number of nitrogens with one attached hydrogen (secondary N) is 1. The van der Waals surface area contributed by atoms with E-state index < -0.39 is 5.91 Å². The maximum atomic E-state index is 12.6. The molecule has 2 aromatic carbocycles. The molecule has 29 heavy (non-hydrogen) atoms. The molecule has 0 unspecified atom stereocenters. The summed E-state index contributed by atoms with van der Waals surface area (Å²) in [6.07, 6.45) is 1.41. The van der Waals surface area contributed by atoms with Gasteiger partial charge in [0.05, 0.1) is 24.8 Å². The first kappa shape index (κ1) is 20.1. The van der Waals surface area contributed by atoms with Crippen LogP contribution in [0.3, 0.4) is 0 Å². The van der Waals surface area contributed by atoms with Crippen LogP contribution in [-0.2, 0) is 7.05 Å². The highest BCUT2D eigenvalue weighted by atomic mass is 16.5. The van der Waals surface area contributed by atoms with Gasteiger partial charge in [0.1, 0.15) is 0 Å². The molecule has 0 aliphatic rings. The highest BCUT2D eigenvalue weighted by Crippen LogP contribution is 2.30. The van der Waals surface area contributed by atoms with Gasteiger partial charge in [-0.25, -0.2) is 10.1 Å². The first-order chi connectivity index (χ1) is 13.9. The number of methoxy groups -OCH3 is 1. The van der Waals surface area contributed by atoms with Crippen LogP contribution in [0, 0.1) is 0 Å². The highest BCUT2D eigenvalue weighted by molar-refractivity contribution is 6.05. The van der Waals surface area contributed by atoms with Crippen LogP contribution in [0.25, 0.3) is 10.8 Å². The van der Waals surface area contributed by atoms with E-state index in [4.69, 9.17) is 9.47 Å². The van der Waals surface area contributed by atoms with Crippen molar-refractivity contribution in [3.63, 3.8) is 0 Å². The summed E-state index contributed by atoms with van der Waals surface area (Å²) in [6.45, 7) is 3.82. The normalized spacial score (nSPS) is 11.2. The number of para-hydroxylation sites is 1. The second-order valence-corrected chi connectivity index (χ2v) is 6.57. The van der Waals surface area contributed by atoms with E-state index in [1.165, 1.54) is 13.3 Å². The molecule has 0 spiro atoms. The Morgan fingerprint density at radius 3 is 2.59 bits per heavy atom. The third kappa shape index (κ3) is 4.26. The van der Waals surface area contributed by atoms with Gasteiger partial charge in [-0.05, 0) is 32.0 Å². The molecule has 0 aliphatic heterocycles. The predicted octanol–water partition coefficient (Wildman–Crippen LogP) is 2.49. The minimum absolute atomic E-state index is 0.0609. The lowest BCUT2D eigenvalue weighted by Crippen LogP contribution is -2.27. The number of amides is 1. The minimum Gasteiger partial charge on any atom is -0.493 e. The summed E-state index contributed by atoms with van der Waals surface area (Å²) < 4.78 is 12.3. The van der Waals surface area contributed by atoms with Crippen molar-refractivity contribution in [2.45, 2.75) is 20.0 Å². The van der Waals surface area contributed by atoms with Crippen molar-refractivity contribution in [2.75, 3.05) is 7.11 Å². The first-order valence-electron chi connectivity index (χ1n) is 9.05. The standard InChI is InChI=1S/C21H22N4O4/c1-13(2)29-19-14(8-7-11-17(19)28-4)12-22-23-20(26)18-15-9-5-6-10-16(15)21(27)25(3)24-18/h5-13H,1-4H3,(H,23,26)/b22-12-. The maximum absolute atomic E-state index is 12.6. The number of carbonyl (C=O) groups is 1. The van der Waals surface area contributed by atoms with Crippen LogP contribution in [0.1, 0.15) is 29.9 Å². The Balaban J connectivity index is 1.89. The number of hydrazone groups is 1. The Morgan fingerprint density at radius 1 is 1.17 bits per heavy atom. The topological polar surface area (TPSA) is 94.8 Å². The number of hydrogen-bond acceptors (Lipinski definition) is 6. The zero-order chi connectivity index (χ0) is 21.0. The van der Waals surface area contributed by atoms with Gasteiger partial charge >= 0.3 is 0 Å². The third-order valence-electron chi connectivity index (χ3n) is 4.12. The van der Waals surface area contributed by atoms with Crippen LogP contribution < -0.4 is 20.5 Å². The van der Waals surface area contributed by atoms with E-state index in [0.29, 0.717) is 27.8 Å². The Bertz CT molecular complexity index is 1140. The maximum Gasteiger partial charge on any atom is 0.292 e. The molecule has 0 atom stereocenters. The van der Waals surface area contributed by atoms with E-state index in [9.17, 15) is 9.59 Å². The van der Waals surface area contributed by atoms with Crippen molar-refractivity contribution in [3.8, 4) is 11.5 Å². The van der Waals surface area contributed by atoms with E-state index in [2.05, 4.69) is 15.6 Å². The van der Waals surface area contributed by atoms with Crippen molar-refractivity contribution in [2.24, 2.45) is 12.1 Å². The van der Waals surface area contributed by atoms with Crippen molar-refractivity contribution < 1.29 is 14.3 Å². The molecule has 0 saturated carbocycles. The van der Waals surface area contributed by atoms with Crippen LogP contribution >= 0.6 is 0 Å². The fourth-order valence-corrected chi connectivity index (χ4v) is 2.84. The number of fused-ring (bicyclic) bond motifs is 1. The second-order valence-electron chi connectivity index (χ2n) is 6.57. The van der Waals surface area contributed by atoms with Gasteiger partial charge in [0, 0.05) is 18.0 Å². The van der Waals surface area contributed by atoms with Gasteiger partial charge < -0.3 is 9.47 Å². The molecule has 0 saturated heterocycles. The number of benzene rings is 2. The molecule has 8 nitrogen and oxygen atoms in total. The van der Waals surface area contributed by atoms with Gasteiger partial charge in [0.15, 0.2) is 17.2 Å². The lowest BCUT2D eigenvalue weighted by atomic mass is 10.1. The Kier molecular flexibility index (Phi) is 5.92. The Morgan fingerprint density at radius 2 is 1.90 bits per heavy atom. The monoisotopic (exact) mass is 394 g/mol. The third-order valence-corrected chi connectivity index (χ3v) is 4.12. The summed E-state index contributed by atoms with van der Waals surface area (Å²) in [5, 5.41) is 9.00. The summed E-state index contributed by atoms with van der Waals surface area (Å²) >= 11 is 0. The van der Waals surface area contributed by atoms with E-state index in [-0.39, 0.29) is 17.4 Å². The first-order valence-corrected chi connectivity index (χ1v) is 9.05. The van der Waals surface area contributed by atoms with Crippen molar-refractivity contribution in [1.82, 2.24) is 15.2 Å². The number of aromatic nitrogens is 2. The van der Waals surface area contributed by atoms with E-state index >= 15 is 0 Å². The molecule has 1 heterocycles. The highest BCUT2D eigenvalue weighted by Gasteiger charge is 2.15. The van der Waals surface area contributed by atoms with Crippen molar-refractivity contribution in [3.05, 3.63) is 64.1 Å². The molecule has 1 N–H and O–H groups in total. The van der Waals surface area contributed by atoms with Gasteiger partial charge in [-0.2, -0.15) is 10.2 Å². The summed E-state index contributed by atoms with van der Waals surface area (Å²) in [6, 6.07) is 12.2. The van der Waals surface area contributed by atoms with Gasteiger partial charge in [-0.3, -0.25) is 9.59 Å². The van der Waals surface area contributed by atoms with Crippen molar-refractivity contribution in [1.29, 1.82) is 0 Å². The molecule has 1 amide bonds. The molecule has 0 aliphatic carbocycles. The average Bonchev–Trinajstić information content (AvgIpc) is 2.71. The van der Waals surface area contributed by atoms with Crippen LogP contribution in [-0.4, -0.2) is 35.1 Å². The SMILES string of the molecule is COc1cccc(/C=N\NC(=O)c2nn(C)c(=O)c3ccccc23)c1OC(C)C. The average molecular weight is 394 g/mol. The number of aryl methyl sites for hydroxylation is 1. The Labute approximate surface area is 167 Å². The number of carbonyl (C=O) groups excluding carboxylic acids is 1. The molecule has 0 bridgehead atoms. The molecule has 1 aromatic heterocycles. The number of ether oxygens (including phenoxy) is 2. The van der Waals surface area contributed by atoms with Crippen LogP contribution in [0.5, 0.6) is 11.5 Å². The summed E-state index contributed by atoms with van der Waals surface area (Å²) in [5.41, 5.74) is 2.95. The van der Waals surface area contributed by atoms with Crippen LogP contribution in [0.15, 0.2) is 52.4 Å². The van der Waals surface area contributed by atoms with Crippen LogP contribution in [0.4, 0.5) is 0 Å². The lowest BCUT2D eigenvalue weighted by molar-refractivity contribution is 0.0950. The molecule has 0 radical (unpaired) electrons. The molecule has 3 aromatic rings.